The number of halogens is 6. The molecule has 2 heterocycles. The van der Waals surface area contributed by atoms with Gasteiger partial charge in [-0.15, -0.1) is 0 Å². The lowest BCUT2D eigenvalue weighted by Gasteiger charge is -2.33. The van der Waals surface area contributed by atoms with E-state index in [1.54, 1.807) is 0 Å². The van der Waals surface area contributed by atoms with Gasteiger partial charge in [0.15, 0.2) is 0 Å². The highest BCUT2D eigenvalue weighted by molar-refractivity contribution is 6.22. The van der Waals surface area contributed by atoms with Crippen molar-refractivity contribution in [3.8, 4) is 5.75 Å². The van der Waals surface area contributed by atoms with Crippen LogP contribution in [0.15, 0.2) is 71.8 Å². The zero-order valence-electron chi connectivity index (χ0n) is 28.0. The summed E-state index contributed by atoms with van der Waals surface area (Å²) in [6, 6.07) is 14.5. The number of alkyl halides is 6. The van der Waals surface area contributed by atoms with E-state index in [4.69, 9.17) is 4.74 Å². The summed E-state index contributed by atoms with van der Waals surface area (Å²) in [4.78, 5) is 28.3. The largest absolute Gasteiger partial charge is 0.507 e. The zero-order chi connectivity index (χ0) is 36.3. The lowest BCUT2D eigenvalue weighted by atomic mass is 9.67. The molecule has 2 aliphatic heterocycles. The Morgan fingerprint density at radius 2 is 1.50 bits per heavy atom. The number of phenolic OH excluding ortho intramolecular Hbond substituents is 1. The average molecular weight is 698 g/mol. The molecule has 2 saturated heterocycles. The number of amides is 2. The number of carbonyl (C=O) groups excluding carboxylic acids is 2. The second kappa shape index (κ2) is 13.1. The van der Waals surface area contributed by atoms with Gasteiger partial charge in [-0.3, -0.25) is 9.59 Å². The van der Waals surface area contributed by atoms with Crippen molar-refractivity contribution in [1.82, 2.24) is 0 Å². The molecule has 3 aromatic carbocycles. The number of ether oxygens (including phenoxy) is 1. The van der Waals surface area contributed by atoms with E-state index in [1.807, 2.05) is 70.2 Å². The number of rotatable bonds is 7. The van der Waals surface area contributed by atoms with Crippen LogP contribution in [0, 0.1) is 37.5 Å². The van der Waals surface area contributed by atoms with Crippen molar-refractivity contribution in [3.05, 3.63) is 105 Å². The normalized spacial score (nSPS) is 22.9. The quantitative estimate of drug-likeness (QED) is 0.116. The monoisotopic (exact) mass is 697 g/mol. The molecular weight excluding hydrogens is 660 g/mol. The number of hydrogen-bond donors (Lipinski definition) is 1. The fraction of sp³-hybridized carbons (Fsp3) is 0.385. The van der Waals surface area contributed by atoms with E-state index in [9.17, 15) is 41.0 Å². The van der Waals surface area contributed by atoms with Gasteiger partial charge in [0.1, 0.15) is 5.75 Å². The average Bonchev–Trinajstić information content (AvgIpc) is 3.58. The van der Waals surface area contributed by atoms with Crippen molar-refractivity contribution in [3.63, 3.8) is 0 Å². The topological polar surface area (TPSA) is 66.8 Å². The minimum atomic E-state index is -5.13. The summed E-state index contributed by atoms with van der Waals surface area (Å²) in [6.45, 7) is 7.69. The number of aromatic hydroxyl groups is 1. The Balaban J connectivity index is 1.32. The van der Waals surface area contributed by atoms with Gasteiger partial charge in [-0.05, 0) is 103 Å². The maximum Gasteiger partial charge on any atom is 0.416 e. The van der Waals surface area contributed by atoms with Crippen molar-refractivity contribution >= 4 is 29.2 Å². The summed E-state index contributed by atoms with van der Waals surface area (Å²) in [6.07, 6.45) is -7.33. The molecule has 50 heavy (non-hydrogen) atoms. The van der Waals surface area contributed by atoms with Crippen LogP contribution in [0.1, 0.15) is 66.5 Å². The minimum Gasteiger partial charge on any atom is -0.507 e. The number of nitrogens with zero attached hydrogens (tertiary/aromatic N) is 1. The number of anilines is 1. The van der Waals surface area contributed by atoms with E-state index in [-0.39, 0.29) is 30.8 Å². The Kier molecular flexibility index (Phi) is 9.26. The molecule has 1 N–H and O–H groups in total. The third-order valence-corrected chi connectivity index (χ3v) is 10.1. The number of carbonyl (C=O) groups is 2. The molecule has 2 fully saturated rings. The Bertz CT molecular complexity index is 1840. The third-order valence-electron chi connectivity index (χ3n) is 10.1. The molecule has 4 atom stereocenters. The maximum absolute atomic E-state index is 14.0. The molecule has 2 amide bonds. The van der Waals surface area contributed by atoms with Gasteiger partial charge in [0.25, 0.3) is 0 Å². The third kappa shape index (κ3) is 6.59. The molecule has 6 rings (SSSR count). The molecule has 264 valence electrons. The molecule has 0 unspecified atom stereocenters. The van der Waals surface area contributed by atoms with Gasteiger partial charge in [0.2, 0.25) is 11.8 Å². The summed E-state index contributed by atoms with van der Waals surface area (Å²) >= 11 is 0. The van der Waals surface area contributed by atoms with Crippen LogP contribution < -0.4 is 4.90 Å². The Hall–Kier alpha value is -4.38. The number of benzene rings is 3. The number of imide groups is 1. The highest BCUT2D eigenvalue weighted by Gasteiger charge is 2.58. The molecule has 0 spiro atoms. The predicted molar refractivity (Wildman–Crippen MR) is 177 cm³/mol. The van der Waals surface area contributed by atoms with Crippen molar-refractivity contribution in [2.45, 2.75) is 65.4 Å². The summed E-state index contributed by atoms with van der Waals surface area (Å²) in [5.74, 6) is -3.87. The molecule has 0 saturated carbocycles. The molecule has 1 aliphatic carbocycles. The first-order chi connectivity index (χ1) is 23.5. The summed E-state index contributed by atoms with van der Waals surface area (Å²) in [5, 5.41) is 10.3. The van der Waals surface area contributed by atoms with Gasteiger partial charge < -0.3 is 9.84 Å². The molecule has 0 bridgehead atoms. The lowest BCUT2D eigenvalue weighted by molar-refractivity contribution is -0.143. The first-order valence-corrected chi connectivity index (χ1v) is 16.5. The van der Waals surface area contributed by atoms with Crippen molar-refractivity contribution in [1.29, 1.82) is 0 Å². The Morgan fingerprint density at radius 3 is 2.06 bits per heavy atom. The molecule has 5 nitrogen and oxygen atoms in total. The Labute approximate surface area is 286 Å². The standard InChI is InChI=1S/C39H37F6NO4/c1-20(2)29-18-30-34(37(49)46(36(30)48)28-16-26(38(40,41)42)15-27(17-28)39(43,44)45)31-19-50-32(33(29)31)11-10-25(24-8-6-5-7-9-24)14-23-12-21(3)35(47)22(4)13-23/h5-9,12-17,20,30-32,34,47H,10-11,18-19H2,1-4H3/b25-14-/t30-,31+,32-,34-/m1/s1. The highest BCUT2D eigenvalue weighted by atomic mass is 19.4. The SMILES string of the molecule is Cc1cc(/C=C(/CC[C@H]2OC[C@H]3C2=C(C(C)C)C[C@H]2C(=O)N(c4cc(C(F)(F)F)cc(C(F)(F)F)c4)C(=O)[C@H]23)c2ccccc2)cc(C)c1O. The van der Waals surface area contributed by atoms with Crippen LogP contribution in [0.5, 0.6) is 5.75 Å². The Morgan fingerprint density at radius 1 is 0.900 bits per heavy atom. The minimum absolute atomic E-state index is 0.0182. The van der Waals surface area contributed by atoms with E-state index in [1.165, 1.54) is 0 Å². The molecule has 0 radical (unpaired) electrons. The van der Waals surface area contributed by atoms with E-state index < -0.39 is 64.8 Å². The summed E-state index contributed by atoms with van der Waals surface area (Å²) in [7, 11) is 0. The number of allylic oxidation sites excluding steroid dienone is 2. The van der Waals surface area contributed by atoms with Crippen molar-refractivity contribution in [2.24, 2.45) is 23.7 Å². The number of aryl methyl sites for hydroxylation is 2. The molecular formula is C39H37F6NO4. The second-order valence-electron chi connectivity index (χ2n) is 13.8. The van der Waals surface area contributed by atoms with E-state index in [2.05, 4.69) is 6.08 Å². The van der Waals surface area contributed by atoms with Gasteiger partial charge in [-0.1, -0.05) is 55.8 Å². The van der Waals surface area contributed by atoms with E-state index in [0.29, 0.717) is 29.9 Å². The number of hydrogen-bond acceptors (Lipinski definition) is 4. The molecule has 0 aromatic heterocycles. The predicted octanol–water partition coefficient (Wildman–Crippen LogP) is 9.54. The van der Waals surface area contributed by atoms with Crippen LogP contribution >= 0.6 is 0 Å². The highest BCUT2D eigenvalue weighted by Crippen LogP contribution is 2.52. The summed E-state index contributed by atoms with van der Waals surface area (Å²) < 4.78 is 88.5. The number of fused-ring (bicyclic) bond motifs is 3. The zero-order valence-corrected chi connectivity index (χ0v) is 28.0. The van der Waals surface area contributed by atoms with Crippen LogP contribution in [-0.4, -0.2) is 29.6 Å². The first kappa shape index (κ1) is 35.4. The summed E-state index contributed by atoms with van der Waals surface area (Å²) in [5.41, 5.74) is 2.33. The van der Waals surface area contributed by atoms with E-state index in [0.717, 1.165) is 39.0 Å². The van der Waals surface area contributed by atoms with Crippen LogP contribution in [0.25, 0.3) is 11.6 Å². The van der Waals surface area contributed by atoms with Crippen molar-refractivity contribution < 1.29 is 45.8 Å². The van der Waals surface area contributed by atoms with Gasteiger partial charge in [0.05, 0.1) is 41.4 Å². The van der Waals surface area contributed by atoms with Crippen LogP contribution in [0.2, 0.25) is 0 Å². The van der Waals surface area contributed by atoms with Crippen molar-refractivity contribution in [2.75, 3.05) is 11.5 Å². The maximum atomic E-state index is 14.0. The van der Waals surface area contributed by atoms with Gasteiger partial charge in [-0.25, -0.2) is 4.90 Å². The molecule has 3 aromatic rings. The fourth-order valence-corrected chi connectivity index (χ4v) is 7.79. The van der Waals surface area contributed by atoms with E-state index >= 15 is 0 Å². The van der Waals surface area contributed by atoms with Gasteiger partial charge in [-0.2, -0.15) is 26.3 Å². The van der Waals surface area contributed by atoms with Crippen LogP contribution in [0.3, 0.4) is 0 Å². The van der Waals surface area contributed by atoms with Crippen LogP contribution in [0.4, 0.5) is 32.0 Å². The first-order valence-electron chi connectivity index (χ1n) is 16.5. The molecule has 11 heteroatoms. The number of phenols is 1. The van der Waals surface area contributed by atoms with Gasteiger partial charge >= 0.3 is 12.4 Å². The fourth-order valence-electron chi connectivity index (χ4n) is 7.79. The van der Waals surface area contributed by atoms with Gasteiger partial charge in [0, 0.05) is 5.92 Å². The molecule has 3 aliphatic rings. The smallest absolute Gasteiger partial charge is 0.416 e. The lowest BCUT2D eigenvalue weighted by Crippen LogP contribution is -2.35. The van der Waals surface area contributed by atoms with Crippen LogP contribution in [-0.2, 0) is 26.7 Å². The second-order valence-corrected chi connectivity index (χ2v) is 13.8.